The zero-order chi connectivity index (χ0) is 21.6. The number of piperidine rings is 1. The zero-order valence-electron chi connectivity index (χ0n) is 17.1. The molecule has 2 heterocycles. The number of ether oxygens (including phenoxy) is 1. The van der Waals surface area contributed by atoms with Crippen LogP contribution in [0, 0.1) is 17.2 Å². The number of carbonyl (C=O) groups excluding carboxylic acids is 1. The van der Waals surface area contributed by atoms with Gasteiger partial charge in [-0.2, -0.15) is 5.26 Å². The SMILES string of the molecule is N#CCOc1cccc(CNC(=O)C2CCN(c3ccc4cccc(O)c4n3)CC2)c1. The predicted octanol–water partition coefficient (Wildman–Crippen LogP) is 3.38. The number of fused-ring (bicyclic) bond motifs is 1. The molecule has 0 atom stereocenters. The Bertz CT molecular complexity index is 1120. The summed E-state index contributed by atoms with van der Waals surface area (Å²) in [7, 11) is 0. The molecule has 7 heteroatoms. The van der Waals surface area contributed by atoms with E-state index in [0.29, 0.717) is 17.8 Å². The van der Waals surface area contributed by atoms with Gasteiger partial charge in [-0.05, 0) is 48.7 Å². The highest BCUT2D eigenvalue weighted by atomic mass is 16.5. The molecule has 31 heavy (non-hydrogen) atoms. The molecule has 1 fully saturated rings. The fourth-order valence-electron chi connectivity index (χ4n) is 3.86. The van der Waals surface area contributed by atoms with E-state index in [0.717, 1.165) is 42.7 Å². The molecule has 0 saturated carbocycles. The number of anilines is 1. The highest BCUT2D eigenvalue weighted by Gasteiger charge is 2.25. The maximum absolute atomic E-state index is 12.6. The summed E-state index contributed by atoms with van der Waals surface area (Å²) in [6, 6.07) is 18.6. The fourth-order valence-corrected chi connectivity index (χ4v) is 3.86. The Morgan fingerprint density at radius 2 is 2.00 bits per heavy atom. The second-order valence-corrected chi connectivity index (χ2v) is 7.59. The van der Waals surface area contributed by atoms with Crippen LogP contribution in [0.5, 0.6) is 11.5 Å². The number of aromatic nitrogens is 1. The third-order valence-electron chi connectivity index (χ3n) is 5.54. The molecule has 2 N–H and O–H groups in total. The lowest BCUT2D eigenvalue weighted by atomic mass is 9.95. The molecule has 158 valence electrons. The first-order chi connectivity index (χ1) is 15.1. The van der Waals surface area contributed by atoms with Crippen LogP contribution in [0.3, 0.4) is 0 Å². The van der Waals surface area contributed by atoms with Crippen molar-refractivity contribution in [2.45, 2.75) is 19.4 Å². The van der Waals surface area contributed by atoms with Gasteiger partial charge in [0, 0.05) is 30.9 Å². The number of nitriles is 1. The minimum atomic E-state index is -0.0388. The highest BCUT2D eigenvalue weighted by Crippen LogP contribution is 2.28. The van der Waals surface area contributed by atoms with Crippen LogP contribution in [0.25, 0.3) is 10.9 Å². The number of para-hydroxylation sites is 1. The molecule has 0 radical (unpaired) electrons. The number of pyridine rings is 1. The normalized spacial score (nSPS) is 14.2. The maximum atomic E-state index is 12.6. The molecule has 7 nitrogen and oxygen atoms in total. The van der Waals surface area contributed by atoms with Gasteiger partial charge in [-0.25, -0.2) is 4.98 Å². The number of nitrogens with one attached hydrogen (secondary N) is 1. The van der Waals surface area contributed by atoms with Crippen molar-refractivity contribution in [2.75, 3.05) is 24.6 Å². The number of hydrogen-bond donors (Lipinski definition) is 2. The van der Waals surface area contributed by atoms with Crippen molar-refractivity contribution in [2.24, 2.45) is 5.92 Å². The molecule has 4 rings (SSSR count). The summed E-state index contributed by atoms with van der Waals surface area (Å²) in [4.78, 5) is 19.4. The average Bonchev–Trinajstić information content (AvgIpc) is 2.82. The van der Waals surface area contributed by atoms with Crippen molar-refractivity contribution < 1.29 is 14.6 Å². The quantitative estimate of drug-likeness (QED) is 0.639. The number of rotatable bonds is 6. The standard InChI is InChI=1S/C24H24N4O3/c25-11-14-31-20-5-1-3-17(15-20)16-26-24(30)19-9-12-28(13-10-19)22-8-7-18-4-2-6-21(29)23(18)27-22/h1-8,15,19,29H,9-10,12-14,16H2,(H,26,30). The van der Waals surface area contributed by atoms with E-state index in [4.69, 9.17) is 10.00 Å². The van der Waals surface area contributed by atoms with Gasteiger partial charge in [-0.3, -0.25) is 4.79 Å². The number of phenolic OH excluding ortho intramolecular Hbond substituents is 1. The third-order valence-corrected chi connectivity index (χ3v) is 5.54. The summed E-state index contributed by atoms with van der Waals surface area (Å²) in [5.74, 6) is 1.63. The van der Waals surface area contributed by atoms with E-state index in [1.54, 1.807) is 18.2 Å². The fraction of sp³-hybridized carbons (Fsp3) is 0.292. The van der Waals surface area contributed by atoms with Crippen LogP contribution in [0.4, 0.5) is 5.82 Å². The minimum Gasteiger partial charge on any atom is -0.506 e. The Balaban J connectivity index is 1.31. The number of hydrogen-bond acceptors (Lipinski definition) is 6. The summed E-state index contributed by atoms with van der Waals surface area (Å²) in [6.45, 7) is 1.90. The van der Waals surface area contributed by atoms with Crippen molar-refractivity contribution in [3.63, 3.8) is 0 Å². The molecule has 0 aliphatic carbocycles. The first-order valence-electron chi connectivity index (χ1n) is 10.3. The van der Waals surface area contributed by atoms with Crippen LogP contribution < -0.4 is 15.0 Å². The second kappa shape index (κ2) is 9.35. The zero-order valence-corrected chi connectivity index (χ0v) is 17.1. The topological polar surface area (TPSA) is 98.5 Å². The summed E-state index contributed by atoms with van der Waals surface area (Å²) in [6.07, 6.45) is 1.50. The molecule has 1 amide bonds. The van der Waals surface area contributed by atoms with E-state index >= 15 is 0 Å². The Morgan fingerprint density at radius 3 is 2.81 bits per heavy atom. The van der Waals surface area contributed by atoms with Crippen LogP contribution >= 0.6 is 0 Å². The number of carbonyl (C=O) groups is 1. The van der Waals surface area contributed by atoms with Gasteiger partial charge in [0.25, 0.3) is 0 Å². The van der Waals surface area contributed by atoms with Gasteiger partial charge >= 0.3 is 0 Å². The third kappa shape index (κ3) is 4.86. The Kier molecular flexibility index (Phi) is 6.18. The smallest absolute Gasteiger partial charge is 0.223 e. The number of nitrogens with zero attached hydrogens (tertiary/aromatic N) is 3. The van der Waals surface area contributed by atoms with E-state index in [2.05, 4.69) is 15.2 Å². The monoisotopic (exact) mass is 416 g/mol. The Morgan fingerprint density at radius 1 is 1.19 bits per heavy atom. The van der Waals surface area contributed by atoms with Gasteiger partial charge in [0.1, 0.15) is 28.9 Å². The molecule has 0 bridgehead atoms. The molecule has 1 aliphatic heterocycles. The number of benzene rings is 2. The molecule has 1 aliphatic rings. The van der Waals surface area contributed by atoms with Gasteiger partial charge in [0.05, 0.1) is 0 Å². The summed E-state index contributed by atoms with van der Waals surface area (Å²) in [5, 5.41) is 22.6. The molecule has 1 saturated heterocycles. The van der Waals surface area contributed by atoms with E-state index in [9.17, 15) is 9.90 Å². The molecular formula is C24H24N4O3. The Labute approximate surface area is 180 Å². The van der Waals surface area contributed by atoms with Gasteiger partial charge in [0.2, 0.25) is 5.91 Å². The van der Waals surface area contributed by atoms with Crippen LogP contribution in [-0.2, 0) is 11.3 Å². The van der Waals surface area contributed by atoms with Gasteiger partial charge in [-0.1, -0.05) is 24.3 Å². The predicted molar refractivity (Wildman–Crippen MR) is 118 cm³/mol. The number of phenols is 1. The van der Waals surface area contributed by atoms with E-state index < -0.39 is 0 Å². The van der Waals surface area contributed by atoms with Crippen molar-refractivity contribution in [1.82, 2.24) is 10.3 Å². The van der Waals surface area contributed by atoms with E-state index in [-0.39, 0.29) is 24.2 Å². The van der Waals surface area contributed by atoms with E-state index in [1.165, 1.54) is 0 Å². The molecular weight excluding hydrogens is 392 g/mol. The van der Waals surface area contributed by atoms with Crippen molar-refractivity contribution >= 4 is 22.6 Å². The van der Waals surface area contributed by atoms with E-state index in [1.807, 2.05) is 42.5 Å². The van der Waals surface area contributed by atoms with Crippen molar-refractivity contribution in [3.8, 4) is 17.6 Å². The summed E-state index contributed by atoms with van der Waals surface area (Å²) in [5.41, 5.74) is 1.53. The van der Waals surface area contributed by atoms with Crippen LogP contribution in [-0.4, -0.2) is 35.7 Å². The summed E-state index contributed by atoms with van der Waals surface area (Å²) < 4.78 is 5.31. The molecule has 2 aromatic carbocycles. The molecule has 3 aromatic rings. The number of amides is 1. The molecule has 0 unspecified atom stereocenters. The van der Waals surface area contributed by atoms with Crippen LogP contribution in [0.15, 0.2) is 54.6 Å². The largest absolute Gasteiger partial charge is 0.506 e. The lowest BCUT2D eigenvalue weighted by molar-refractivity contribution is -0.125. The summed E-state index contributed by atoms with van der Waals surface area (Å²) >= 11 is 0. The van der Waals surface area contributed by atoms with Gasteiger partial charge in [0.15, 0.2) is 6.61 Å². The molecule has 0 spiro atoms. The van der Waals surface area contributed by atoms with Gasteiger partial charge in [-0.15, -0.1) is 0 Å². The van der Waals surface area contributed by atoms with Crippen LogP contribution in [0.1, 0.15) is 18.4 Å². The van der Waals surface area contributed by atoms with Gasteiger partial charge < -0.3 is 20.1 Å². The Hall–Kier alpha value is -3.79. The van der Waals surface area contributed by atoms with Crippen LogP contribution in [0.2, 0.25) is 0 Å². The second-order valence-electron chi connectivity index (χ2n) is 7.59. The lowest BCUT2D eigenvalue weighted by Gasteiger charge is -2.32. The average molecular weight is 416 g/mol. The minimum absolute atomic E-state index is 0.0000681. The number of aromatic hydroxyl groups is 1. The first-order valence-corrected chi connectivity index (χ1v) is 10.3. The highest BCUT2D eigenvalue weighted by molar-refractivity contribution is 5.85. The van der Waals surface area contributed by atoms with Crippen molar-refractivity contribution in [1.29, 1.82) is 5.26 Å². The maximum Gasteiger partial charge on any atom is 0.223 e. The molecule has 1 aromatic heterocycles. The lowest BCUT2D eigenvalue weighted by Crippen LogP contribution is -2.40. The first kappa shape index (κ1) is 20.5. The van der Waals surface area contributed by atoms with Crippen molar-refractivity contribution in [3.05, 3.63) is 60.2 Å².